The lowest BCUT2D eigenvalue weighted by molar-refractivity contribution is 0.370. The maximum Gasteiger partial charge on any atom is 0.325 e. The smallest absolute Gasteiger partial charge is 0.325 e. The third kappa shape index (κ3) is 5.15. The number of primary sulfonamides is 1. The van der Waals surface area contributed by atoms with Crippen LogP contribution in [0.4, 0.5) is 0 Å². The van der Waals surface area contributed by atoms with Crippen molar-refractivity contribution in [2.75, 3.05) is 6.16 Å². The van der Waals surface area contributed by atoms with Gasteiger partial charge in [0, 0.05) is 17.5 Å². The molecule has 3 rings (SSSR count). The molecule has 0 aliphatic rings. The number of benzene rings is 2. The molecule has 28 heavy (non-hydrogen) atoms. The molecule has 0 amide bonds. The number of oxazole rings is 1. The van der Waals surface area contributed by atoms with Crippen molar-refractivity contribution in [3.63, 3.8) is 0 Å². The molecule has 8 nitrogen and oxygen atoms in total. The topological polar surface area (TPSA) is 144 Å². The average molecular weight is 422 g/mol. The van der Waals surface area contributed by atoms with Gasteiger partial charge in [0.15, 0.2) is 11.7 Å². The van der Waals surface area contributed by atoms with Crippen LogP contribution in [-0.2, 0) is 21.0 Å². The first-order valence-corrected chi connectivity index (χ1v) is 11.7. The van der Waals surface area contributed by atoms with Crippen LogP contribution in [-0.4, -0.2) is 29.4 Å². The average Bonchev–Trinajstić information content (AvgIpc) is 3.05. The zero-order chi connectivity index (χ0) is 20.4. The number of rotatable bonds is 7. The summed E-state index contributed by atoms with van der Waals surface area (Å²) in [6, 6.07) is 15.2. The molecule has 148 valence electrons. The quantitative estimate of drug-likeness (QED) is 0.497. The van der Waals surface area contributed by atoms with Crippen molar-refractivity contribution in [2.45, 2.75) is 17.7 Å². The van der Waals surface area contributed by atoms with Crippen molar-refractivity contribution >= 4 is 17.6 Å². The molecule has 0 saturated heterocycles. The molecule has 0 spiro atoms. The van der Waals surface area contributed by atoms with E-state index in [9.17, 15) is 13.0 Å². The van der Waals surface area contributed by atoms with Crippen LogP contribution < -0.4 is 5.14 Å². The van der Waals surface area contributed by atoms with Gasteiger partial charge in [-0.1, -0.05) is 30.3 Å². The molecule has 0 aliphatic carbocycles. The van der Waals surface area contributed by atoms with Crippen LogP contribution in [0.15, 0.2) is 63.9 Å². The van der Waals surface area contributed by atoms with Gasteiger partial charge >= 0.3 is 7.60 Å². The summed E-state index contributed by atoms with van der Waals surface area (Å²) in [6.45, 7) is 0. The molecular weight excluding hydrogens is 403 g/mol. The molecule has 0 saturated carbocycles. The molecule has 1 heterocycles. The first-order chi connectivity index (χ1) is 13.1. The highest BCUT2D eigenvalue weighted by Crippen LogP contribution is 2.36. The fourth-order valence-electron chi connectivity index (χ4n) is 2.69. The molecule has 3 aromatic rings. The van der Waals surface area contributed by atoms with E-state index in [1.807, 2.05) is 30.3 Å². The zero-order valence-corrected chi connectivity index (χ0v) is 16.4. The Bertz CT molecular complexity index is 1100. The minimum Gasteiger partial charge on any atom is -0.440 e. The Labute approximate surface area is 162 Å². The summed E-state index contributed by atoms with van der Waals surface area (Å²) in [7, 11) is -7.89. The number of hydrogen-bond donors (Lipinski definition) is 3. The zero-order valence-electron chi connectivity index (χ0n) is 14.7. The van der Waals surface area contributed by atoms with Crippen molar-refractivity contribution < 1.29 is 27.2 Å². The van der Waals surface area contributed by atoms with E-state index in [0.29, 0.717) is 22.9 Å². The lowest BCUT2D eigenvalue weighted by Gasteiger charge is -2.03. The highest BCUT2D eigenvalue weighted by Gasteiger charge is 2.19. The van der Waals surface area contributed by atoms with Crippen LogP contribution in [0.3, 0.4) is 0 Å². The van der Waals surface area contributed by atoms with E-state index >= 15 is 0 Å². The Balaban J connectivity index is 1.97. The van der Waals surface area contributed by atoms with Gasteiger partial charge in [-0.2, -0.15) is 0 Å². The Morgan fingerprint density at radius 1 is 1.00 bits per heavy atom. The Morgan fingerprint density at radius 2 is 1.64 bits per heavy atom. The number of aryl methyl sites for hydroxylation is 1. The van der Waals surface area contributed by atoms with E-state index < -0.39 is 17.6 Å². The van der Waals surface area contributed by atoms with Gasteiger partial charge in [-0.3, -0.25) is 4.57 Å². The minimum atomic E-state index is -4.08. The van der Waals surface area contributed by atoms with Gasteiger partial charge in [-0.25, -0.2) is 18.5 Å². The van der Waals surface area contributed by atoms with Gasteiger partial charge in [0.25, 0.3) is 0 Å². The van der Waals surface area contributed by atoms with Gasteiger partial charge in [0.1, 0.15) is 5.69 Å². The Morgan fingerprint density at radius 3 is 2.21 bits per heavy atom. The first-order valence-electron chi connectivity index (χ1n) is 8.36. The molecule has 0 bridgehead atoms. The maximum atomic E-state index is 11.5. The van der Waals surface area contributed by atoms with E-state index in [-0.39, 0.29) is 23.9 Å². The molecule has 2 aromatic carbocycles. The number of nitrogens with zero attached hydrogens (tertiary/aromatic N) is 1. The SMILES string of the molecule is NS(=O)(=O)c1ccc(-c2oc(CCCP(=O)(O)O)nc2-c2ccccc2)cc1. The summed E-state index contributed by atoms with van der Waals surface area (Å²) in [5.74, 6) is 0.788. The maximum absolute atomic E-state index is 11.5. The molecule has 10 heteroatoms. The third-order valence-corrected chi connectivity index (χ3v) is 5.83. The van der Waals surface area contributed by atoms with Crippen molar-refractivity contribution in [2.24, 2.45) is 5.14 Å². The van der Waals surface area contributed by atoms with Gasteiger partial charge in [-0.05, 0) is 30.7 Å². The van der Waals surface area contributed by atoms with E-state index in [4.69, 9.17) is 19.3 Å². The molecular formula is C18H19N2O6PS. The fourth-order valence-corrected chi connectivity index (χ4v) is 3.78. The van der Waals surface area contributed by atoms with E-state index in [1.165, 1.54) is 12.1 Å². The highest BCUT2D eigenvalue weighted by molar-refractivity contribution is 7.89. The lowest BCUT2D eigenvalue weighted by Crippen LogP contribution is -2.11. The summed E-state index contributed by atoms with van der Waals surface area (Å²) in [6.07, 6.45) is 0.234. The van der Waals surface area contributed by atoms with E-state index in [1.54, 1.807) is 12.1 Å². The summed E-state index contributed by atoms with van der Waals surface area (Å²) in [5, 5.41) is 5.13. The van der Waals surface area contributed by atoms with Gasteiger partial charge in [0.2, 0.25) is 10.0 Å². The van der Waals surface area contributed by atoms with Crippen LogP contribution in [0, 0.1) is 0 Å². The molecule has 1 aromatic heterocycles. The summed E-state index contributed by atoms with van der Waals surface area (Å²) in [4.78, 5) is 22.5. The van der Waals surface area contributed by atoms with Gasteiger partial charge in [-0.15, -0.1) is 0 Å². The van der Waals surface area contributed by atoms with Crippen molar-refractivity contribution in [1.82, 2.24) is 4.98 Å². The highest BCUT2D eigenvalue weighted by atomic mass is 32.2. The number of aromatic nitrogens is 1. The van der Waals surface area contributed by atoms with Crippen molar-refractivity contribution in [3.05, 3.63) is 60.5 Å². The molecule has 0 unspecified atom stereocenters. The molecule has 0 aliphatic heterocycles. The number of hydrogen-bond acceptors (Lipinski definition) is 5. The van der Waals surface area contributed by atoms with Crippen LogP contribution in [0.2, 0.25) is 0 Å². The van der Waals surface area contributed by atoms with Crippen LogP contribution >= 0.6 is 7.60 Å². The Kier molecular flexibility index (Phi) is 5.83. The normalized spacial score (nSPS) is 12.2. The minimum absolute atomic E-state index is 0.0149. The fraction of sp³-hybridized carbons (Fsp3) is 0.167. The lowest BCUT2D eigenvalue weighted by atomic mass is 10.1. The standard InChI is InChI=1S/C18H19N2O6PS/c19-28(24,25)15-10-8-14(9-11-15)18-17(13-5-2-1-3-6-13)20-16(26-18)7-4-12-27(21,22)23/h1-3,5-6,8-11H,4,7,12H2,(H2,19,24,25)(H2,21,22,23). The third-order valence-electron chi connectivity index (χ3n) is 4.00. The summed E-state index contributed by atoms with van der Waals surface area (Å²) >= 11 is 0. The Hall–Kier alpha value is -2.29. The summed E-state index contributed by atoms with van der Waals surface area (Å²) < 4.78 is 39.8. The predicted molar refractivity (Wildman–Crippen MR) is 104 cm³/mol. The number of sulfonamides is 1. The van der Waals surface area contributed by atoms with Crippen LogP contribution in [0.1, 0.15) is 12.3 Å². The van der Waals surface area contributed by atoms with Crippen molar-refractivity contribution in [3.8, 4) is 22.6 Å². The van der Waals surface area contributed by atoms with Crippen LogP contribution in [0.5, 0.6) is 0 Å². The molecule has 0 fully saturated rings. The second-order valence-electron chi connectivity index (χ2n) is 6.21. The second-order valence-corrected chi connectivity index (χ2v) is 9.55. The number of nitrogens with two attached hydrogens (primary N) is 1. The second kappa shape index (κ2) is 7.98. The van der Waals surface area contributed by atoms with Gasteiger partial charge in [0.05, 0.1) is 11.1 Å². The molecule has 0 radical (unpaired) electrons. The predicted octanol–water partition coefficient (Wildman–Crippen LogP) is 2.77. The largest absolute Gasteiger partial charge is 0.440 e. The van der Waals surface area contributed by atoms with E-state index in [2.05, 4.69) is 4.98 Å². The summed E-state index contributed by atoms with van der Waals surface area (Å²) in [5.41, 5.74) is 1.98. The first kappa shape index (κ1) is 20.4. The van der Waals surface area contributed by atoms with Gasteiger partial charge < -0.3 is 14.2 Å². The van der Waals surface area contributed by atoms with Crippen LogP contribution in [0.25, 0.3) is 22.6 Å². The molecule has 0 atom stereocenters. The molecule has 4 N–H and O–H groups in total. The van der Waals surface area contributed by atoms with E-state index in [0.717, 1.165) is 5.56 Å². The van der Waals surface area contributed by atoms with Crippen molar-refractivity contribution in [1.29, 1.82) is 0 Å². The monoisotopic (exact) mass is 422 g/mol.